The first-order valence-electron chi connectivity index (χ1n) is 5.41. The molecule has 0 atom stereocenters. The predicted molar refractivity (Wildman–Crippen MR) is 69.6 cm³/mol. The number of carbonyl (C=O) groups is 1. The zero-order chi connectivity index (χ0) is 14.7. The number of nitriles is 1. The van der Waals surface area contributed by atoms with Crippen molar-refractivity contribution in [2.75, 3.05) is 0 Å². The summed E-state index contributed by atoms with van der Waals surface area (Å²) in [4.78, 5) is 10.9. The van der Waals surface area contributed by atoms with Gasteiger partial charge in [0, 0.05) is 0 Å². The summed E-state index contributed by atoms with van der Waals surface area (Å²) in [5.74, 6) is -1.89. The Morgan fingerprint density at radius 3 is 2.65 bits per heavy atom. The van der Waals surface area contributed by atoms with E-state index in [2.05, 4.69) is 0 Å². The number of benzene rings is 2. The van der Waals surface area contributed by atoms with Crippen LogP contribution in [-0.4, -0.2) is 11.1 Å². The molecular weight excluding hydrogens is 285 g/mol. The molecule has 6 heteroatoms. The molecule has 0 saturated heterocycles. The van der Waals surface area contributed by atoms with Gasteiger partial charge in [-0.05, 0) is 36.4 Å². The van der Waals surface area contributed by atoms with Gasteiger partial charge in [-0.15, -0.1) is 0 Å². The molecule has 0 aromatic heterocycles. The average molecular weight is 292 g/mol. The lowest BCUT2D eigenvalue weighted by Crippen LogP contribution is -1.98. The van der Waals surface area contributed by atoms with Gasteiger partial charge in [0.15, 0.2) is 11.6 Å². The van der Waals surface area contributed by atoms with E-state index >= 15 is 0 Å². The second-order valence-electron chi connectivity index (χ2n) is 3.81. The fourth-order valence-electron chi connectivity index (χ4n) is 1.51. The van der Waals surface area contributed by atoms with Crippen molar-refractivity contribution in [3.8, 4) is 17.6 Å². The molecule has 2 aromatic rings. The topological polar surface area (TPSA) is 70.3 Å². The van der Waals surface area contributed by atoms with Gasteiger partial charge in [0.2, 0.25) is 0 Å². The van der Waals surface area contributed by atoms with Crippen LogP contribution >= 0.6 is 11.6 Å². The number of ether oxygens (including phenoxy) is 1. The van der Waals surface area contributed by atoms with Gasteiger partial charge in [0.25, 0.3) is 0 Å². The third-order valence-corrected chi connectivity index (χ3v) is 2.79. The van der Waals surface area contributed by atoms with E-state index in [1.165, 1.54) is 30.3 Å². The van der Waals surface area contributed by atoms with Gasteiger partial charge in [-0.1, -0.05) is 11.6 Å². The molecule has 2 rings (SSSR count). The Kier molecular flexibility index (Phi) is 3.87. The molecule has 4 nitrogen and oxygen atoms in total. The molecule has 100 valence electrons. The van der Waals surface area contributed by atoms with E-state index in [0.29, 0.717) is 0 Å². The first kappa shape index (κ1) is 13.8. The van der Waals surface area contributed by atoms with Crippen molar-refractivity contribution in [2.24, 2.45) is 0 Å². The van der Waals surface area contributed by atoms with Crippen molar-refractivity contribution in [1.29, 1.82) is 5.26 Å². The number of carboxylic acid groups (broad SMARTS) is 1. The highest BCUT2D eigenvalue weighted by atomic mass is 35.5. The first-order valence-corrected chi connectivity index (χ1v) is 5.79. The van der Waals surface area contributed by atoms with Crippen molar-refractivity contribution in [3.05, 3.63) is 58.4 Å². The van der Waals surface area contributed by atoms with Gasteiger partial charge in [-0.25, -0.2) is 9.18 Å². The second kappa shape index (κ2) is 5.59. The normalized spacial score (nSPS) is 9.85. The Hall–Kier alpha value is -2.58. The monoisotopic (exact) mass is 291 g/mol. The number of hydrogen-bond acceptors (Lipinski definition) is 3. The number of rotatable bonds is 3. The number of carboxylic acids is 1. The maximum atomic E-state index is 13.6. The molecule has 0 aliphatic rings. The summed E-state index contributed by atoms with van der Waals surface area (Å²) in [6, 6.07) is 9.49. The van der Waals surface area contributed by atoms with E-state index in [1.54, 1.807) is 6.07 Å². The van der Waals surface area contributed by atoms with E-state index in [1.807, 2.05) is 0 Å². The SMILES string of the molecule is N#Cc1ccc(Oc2ccc(Cl)c(C(=O)O)c2)c(F)c1. The third kappa shape index (κ3) is 2.87. The minimum atomic E-state index is -1.21. The van der Waals surface area contributed by atoms with Crippen molar-refractivity contribution in [3.63, 3.8) is 0 Å². The lowest BCUT2D eigenvalue weighted by molar-refractivity contribution is 0.0696. The Morgan fingerprint density at radius 2 is 2.05 bits per heavy atom. The average Bonchev–Trinajstić information content (AvgIpc) is 2.42. The fourth-order valence-corrected chi connectivity index (χ4v) is 1.71. The summed E-state index contributed by atoms with van der Waals surface area (Å²) in [5.41, 5.74) is 0.0235. The molecule has 2 aromatic carbocycles. The van der Waals surface area contributed by atoms with Gasteiger partial charge in [-0.2, -0.15) is 5.26 Å². The largest absolute Gasteiger partial charge is 0.478 e. The minimum Gasteiger partial charge on any atom is -0.478 e. The van der Waals surface area contributed by atoms with Gasteiger partial charge >= 0.3 is 5.97 Å². The molecule has 0 heterocycles. The summed E-state index contributed by atoms with van der Waals surface area (Å²) < 4.78 is 18.9. The van der Waals surface area contributed by atoms with E-state index in [4.69, 9.17) is 26.7 Å². The third-order valence-electron chi connectivity index (χ3n) is 2.46. The molecule has 0 radical (unpaired) electrons. The number of hydrogen-bond donors (Lipinski definition) is 1. The maximum Gasteiger partial charge on any atom is 0.337 e. The molecule has 0 spiro atoms. The number of aromatic carboxylic acids is 1. The van der Waals surface area contributed by atoms with Crippen molar-refractivity contribution in [2.45, 2.75) is 0 Å². The predicted octanol–water partition coefficient (Wildman–Crippen LogP) is 3.84. The van der Waals surface area contributed by atoms with Crippen molar-refractivity contribution >= 4 is 17.6 Å². The smallest absolute Gasteiger partial charge is 0.337 e. The van der Waals surface area contributed by atoms with Crippen LogP contribution in [0.4, 0.5) is 4.39 Å². The standard InChI is InChI=1S/C14H7ClFNO3/c15-11-3-2-9(6-10(11)14(18)19)20-13-4-1-8(7-17)5-12(13)16/h1-6H,(H,18,19). The Morgan fingerprint density at radius 1 is 1.30 bits per heavy atom. The Balaban J connectivity index is 2.33. The Bertz CT molecular complexity index is 725. The lowest BCUT2D eigenvalue weighted by Gasteiger charge is -2.08. The van der Waals surface area contributed by atoms with Crippen LogP contribution in [0.1, 0.15) is 15.9 Å². The van der Waals surface area contributed by atoms with Crippen LogP contribution in [-0.2, 0) is 0 Å². The van der Waals surface area contributed by atoms with Gasteiger partial charge in [0.05, 0.1) is 22.2 Å². The number of nitrogens with zero attached hydrogens (tertiary/aromatic N) is 1. The highest BCUT2D eigenvalue weighted by molar-refractivity contribution is 6.33. The lowest BCUT2D eigenvalue weighted by atomic mass is 10.2. The summed E-state index contributed by atoms with van der Waals surface area (Å²) >= 11 is 5.72. The molecular formula is C14H7ClFNO3. The van der Waals surface area contributed by atoms with Crippen LogP contribution in [0.15, 0.2) is 36.4 Å². The summed E-state index contributed by atoms with van der Waals surface area (Å²) in [7, 11) is 0. The highest BCUT2D eigenvalue weighted by Gasteiger charge is 2.12. The van der Waals surface area contributed by atoms with Crippen LogP contribution in [0.2, 0.25) is 5.02 Å². The van der Waals surface area contributed by atoms with Crippen LogP contribution in [0, 0.1) is 17.1 Å². The van der Waals surface area contributed by atoms with Crippen LogP contribution < -0.4 is 4.74 Å². The fraction of sp³-hybridized carbons (Fsp3) is 0. The van der Waals surface area contributed by atoms with E-state index in [-0.39, 0.29) is 27.6 Å². The molecule has 0 unspecified atom stereocenters. The molecule has 20 heavy (non-hydrogen) atoms. The summed E-state index contributed by atoms with van der Waals surface area (Å²) in [6.07, 6.45) is 0. The zero-order valence-corrected chi connectivity index (χ0v) is 10.7. The molecule has 0 bridgehead atoms. The van der Waals surface area contributed by atoms with Gasteiger partial charge < -0.3 is 9.84 Å². The summed E-state index contributed by atoms with van der Waals surface area (Å²) in [6.45, 7) is 0. The van der Waals surface area contributed by atoms with Gasteiger partial charge in [0.1, 0.15) is 5.75 Å². The molecule has 0 saturated carbocycles. The minimum absolute atomic E-state index is 0.0603. The molecule has 0 fully saturated rings. The highest BCUT2D eigenvalue weighted by Crippen LogP contribution is 2.28. The Labute approximate surface area is 118 Å². The van der Waals surface area contributed by atoms with Crippen LogP contribution in [0.25, 0.3) is 0 Å². The molecule has 0 aliphatic heterocycles. The second-order valence-corrected chi connectivity index (χ2v) is 4.21. The summed E-state index contributed by atoms with van der Waals surface area (Å²) in [5, 5.41) is 17.6. The van der Waals surface area contributed by atoms with Crippen LogP contribution in [0.3, 0.4) is 0 Å². The van der Waals surface area contributed by atoms with Crippen molar-refractivity contribution in [1.82, 2.24) is 0 Å². The first-order chi connectivity index (χ1) is 9.51. The molecule has 0 amide bonds. The van der Waals surface area contributed by atoms with E-state index < -0.39 is 11.8 Å². The maximum absolute atomic E-state index is 13.6. The number of halogens is 2. The van der Waals surface area contributed by atoms with Crippen LogP contribution in [0.5, 0.6) is 11.5 Å². The van der Waals surface area contributed by atoms with E-state index in [0.717, 1.165) is 6.07 Å². The zero-order valence-electron chi connectivity index (χ0n) is 9.93. The quantitative estimate of drug-likeness (QED) is 0.932. The molecule has 1 N–H and O–H groups in total. The molecule has 0 aliphatic carbocycles. The van der Waals surface area contributed by atoms with E-state index in [9.17, 15) is 9.18 Å². The van der Waals surface area contributed by atoms with Crippen molar-refractivity contribution < 1.29 is 19.0 Å². The van der Waals surface area contributed by atoms with Gasteiger partial charge in [-0.3, -0.25) is 0 Å².